The third-order valence-corrected chi connectivity index (χ3v) is 4.96. The van der Waals surface area contributed by atoms with Gasteiger partial charge in [0.15, 0.2) is 0 Å². The summed E-state index contributed by atoms with van der Waals surface area (Å²) in [5.41, 5.74) is 0.498. The number of nitrogens with zero attached hydrogens (tertiary/aromatic N) is 1. The summed E-state index contributed by atoms with van der Waals surface area (Å²) in [7, 11) is -2.22. The smallest absolute Gasteiger partial charge is 0.355 e. The number of rotatable bonds is 3. The second kappa shape index (κ2) is 5.46. The summed E-state index contributed by atoms with van der Waals surface area (Å²) in [4.78, 5) is 12.1. The third-order valence-electron chi connectivity index (χ3n) is 4.08. The normalized spacial score (nSPS) is 19.4. The fourth-order valence-electron chi connectivity index (χ4n) is 2.60. The average Bonchev–Trinajstić information content (AvgIpc) is 2.74. The first-order valence-corrected chi connectivity index (χ1v) is 8.53. The second-order valence-corrected chi connectivity index (χ2v) is 8.05. The summed E-state index contributed by atoms with van der Waals surface area (Å²) >= 11 is 0. The van der Waals surface area contributed by atoms with Gasteiger partial charge in [-0.05, 0) is 37.2 Å². The van der Waals surface area contributed by atoms with Crippen molar-refractivity contribution in [1.29, 1.82) is 0 Å². The fraction of sp³-hybridized carbons (Fsp3) is 0.643. The number of esters is 1. The van der Waals surface area contributed by atoms with Crippen molar-refractivity contribution < 1.29 is 17.9 Å². The Hall–Kier alpha value is -1.34. The van der Waals surface area contributed by atoms with E-state index in [4.69, 9.17) is 9.88 Å². The molecule has 1 saturated carbocycles. The van der Waals surface area contributed by atoms with Crippen LogP contribution in [0.15, 0.2) is 17.2 Å². The van der Waals surface area contributed by atoms with E-state index in [1.54, 1.807) is 7.05 Å². The molecule has 0 spiro atoms. The van der Waals surface area contributed by atoms with Gasteiger partial charge < -0.3 is 9.30 Å². The first-order chi connectivity index (χ1) is 9.58. The van der Waals surface area contributed by atoms with E-state index in [-0.39, 0.29) is 16.7 Å². The predicted octanol–water partition coefficient (Wildman–Crippen LogP) is 1.80. The lowest BCUT2D eigenvalue weighted by Crippen LogP contribution is -2.28. The molecule has 0 unspecified atom stereocenters. The van der Waals surface area contributed by atoms with Crippen molar-refractivity contribution in [3.63, 3.8) is 0 Å². The van der Waals surface area contributed by atoms with Gasteiger partial charge in [0.2, 0.25) is 10.0 Å². The maximum atomic E-state index is 12.2. The van der Waals surface area contributed by atoms with Crippen LogP contribution in [0.5, 0.6) is 0 Å². The van der Waals surface area contributed by atoms with Crippen LogP contribution in [-0.4, -0.2) is 25.1 Å². The van der Waals surface area contributed by atoms with Crippen LogP contribution >= 0.6 is 0 Å². The lowest BCUT2D eigenvalue weighted by molar-refractivity contribution is 0.00855. The molecule has 1 fully saturated rings. The van der Waals surface area contributed by atoms with Gasteiger partial charge in [0.1, 0.15) is 16.7 Å². The Morgan fingerprint density at radius 3 is 2.43 bits per heavy atom. The van der Waals surface area contributed by atoms with Crippen molar-refractivity contribution in [3.8, 4) is 0 Å². The van der Waals surface area contributed by atoms with Crippen molar-refractivity contribution in [1.82, 2.24) is 4.57 Å². The molecular formula is C14H22N2O4S. The maximum absolute atomic E-state index is 12.2. The number of sulfonamides is 1. The van der Waals surface area contributed by atoms with E-state index >= 15 is 0 Å². The van der Waals surface area contributed by atoms with Crippen LogP contribution in [0.3, 0.4) is 0 Å². The molecule has 0 atom stereocenters. The quantitative estimate of drug-likeness (QED) is 0.861. The fourth-order valence-corrected chi connectivity index (χ4v) is 3.18. The number of aryl methyl sites for hydroxylation is 1. The molecule has 6 nitrogen and oxygen atoms in total. The van der Waals surface area contributed by atoms with Gasteiger partial charge in [-0.1, -0.05) is 13.8 Å². The number of nitrogens with two attached hydrogens (primary N) is 1. The number of carbonyl (C=O) groups excluding carboxylic acids is 1. The number of carbonyl (C=O) groups is 1. The Morgan fingerprint density at radius 2 is 1.95 bits per heavy atom. The highest BCUT2D eigenvalue weighted by Gasteiger charge is 2.29. The zero-order chi connectivity index (χ0) is 15.8. The van der Waals surface area contributed by atoms with Gasteiger partial charge in [-0.2, -0.15) is 0 Å². The number of primary sulfonamides is 1. The van der Waals surface area contributed by atoms with Crippen molar-refractivity contribution in [2.24, 2.45) is 17.6 Å². The largest absolute Gasteiger partial charge is 0.458 e. The molecule has 0 radical (unpaired) electrons. The molecule has 1 heterocycles. The molecule has 1 aromatic rings. The zero-order valence-corrected chi connectivity index (χ0v) is 13.4. The van der Waals surface area contributed by atoms with E-state index in [1.165, 1.54) is 16.8 Å². The van der Waals surface area contributed by atoms with Gasteiger partial charge >= 0.3 is 5.97 Å². The lowest BCUT2D eigenvalue weighted by atomic mass is 9.76. The molecular weight excluding hydrogens is 292 g/mol. The minimum atomic E-state index is -3.82. The van der Waals surface area contributed by atoms with E-state index in [0.717, 1.165) is 25.7 Å². The van der Waals surface area contributed by atoms with Crippen LogP contribution in [0.25, 0.3) is 0 Å². The Kier molecular flexibility index (Phi) is 4.17. The molecule has 0 aliphatic heterocycles. The van der Waals surface area contributed by atoms with Gasteiger partial charge in [0.25, 0.3) is 0 Å². The van der Waals surface area contributed by atoms with Gasteiger partial charge in [-0.25, -0.2) is 18.4 Å². The average molecular weight is 314 g/mol. The highest BCUT2D eigenvalue weighted by atomic mass is 32.2. The van der Waals surface area contributed by atoms with Gasteiger partial charge in [-0.15, -0.1) is 0 Å². The van der Waals surface area contributed by atoms with E-state index in [1.807, 2.05) is 0 Å². The van der Waals surface area contributed by atoms with E-state index in [2.05, 4.69) is 13.8 Å². The minimum absolute atomic E-state index is 0.0817. The molecule has 7 heteroatoms. The zero-order valence-electron chi connectivity index (χ0n) is 12.6. The number of aromatic nitrogens is 1. The summed E-state index contributed by atoms with van der Waals surface area (Å²) in [5, 5.41) is 5.06. The molecule has 0 amide bonds. The summed E-state index contributed by atoms with van der Waals surface area (Å²) < 4.78 is 29.5. The molecule has 1 aromatic heterocycles. The lowest BCUT2D eigenvalue weighted by Gasteiger charge is -2.33. The SMILES string of the molecule is Cn1cc(S(N)(=O)=O)cc1C(=O)OC1CCC(C)(C)CC1. The number of hydrogen-bond acceptors (Lipinski definition) is 4. The van der Waals surface area contributed by atoms with Gasteiger partial charge in [0.05, 0.1) is 0 Å². The van der Waals surface area contributed by atoms with Crippen molar-refractivity contribution in [2.45, 2.75) is 50.5 Å². The molecule has 0 aromatic carbocycles. The van der Waals surface area contributed by atoms with Gasteiger partial charge in [0, 0.05) is 13.2 Å². The second-order valence-electron chi connectivity index (χ2n) is 6.49. The molecule has 0 bridgehead atoms. The van der Waals surface area contributed by atoms with E-state index in [0.29, 0.717) is 5.41 Å². The highest BCUT2D eigenvalue weighted by molar-refractivity contribution is 7.89. The molecule has 1 aliphatic rings. The molecule has 2 rings (SSSR count). The van der Waals surface area contributed by atoms with Crippen molar-refractivity contribution >= 4 is 16.0 Å². The van der Waals surface area contributed by atoms with Crippen LogP contribution in [0.4, 0.5) is 0 Å². The predicted molar refractivity (Wildman–Crippen MR) is 78.2 cm³/mol. The first-order valence-electron chi connectivity index (χ1n) is 6.99. The molecule has 118 valence electrons. The summed E-state index contributed by atoms with van der Waals surface area (Å²) in [6.07, 6.45) is 4.92. The Bertz CT molecular complexity index is 636. The molecule has 1 aliphatic carbocycles. The highest BCUT2D eigenvalue weighted by Crippen LogP contribution is 2.36. The Labute approximate surface area is 125 Å². The summed E-state index contributed by atoms with van der Waals surface area (Å²) in [6, 6.07) is 1.25. The van der Waals surface area contributed by atoms with Crippen LogP contribution in [-0.2, 0) is 21.8 Å². The first kappa shape index (κ1) is 16.0. The van der Waals surface area contributed by atoms with Gasteiger partial charge in [-0.3, -0.25) is 0 Å². The number of ether oxygens (including phenoxy) is 1. The molecule has 0 saturated heterocycles. The van der Waals surface area contributed by atoms with Crippen LogP contribution in [0.1, 0.15) is 50.0 Å². The van der Waals surface area contributed by atoms with Crippen molar-refractivity contribution in [2.75, 3.05) is 0 Å². The topological polar surface area (TPSA) is 91.4 Å². The van der Waals surface area contributed by atoms with Crippen LogP contribution in [0, 0.1) is 5.41 Å². The molecule has 21 heavy (non-hydrogen) atoms. The van der Waals surface area contributed by atoms with Crippen LogP contribution < -0.4 is 5.14 Å². The standard InChI is InChI=1S/C14H22N2O4S/c1-14(2)6-4-10(5-7-14)20-13(17)12-8-11(9-16(12)3)21(15,18)19/h8-10H,4-7H2,1-3H3,(H2,15,18,19). The third kappa shape index (κ3) is 3.85. The Morgan fingerprint density at radius 1 is 1.38 bits per heavy atom. The summed E-state index contributed by atoms with van der Waals surface area (Å²) in [5.74, 6) is -0.503. The van der Waals surface area contributed by atoms with E-state index in [9.17, 15) is 13.2 Å². The van der Waals surface area contributed by atoms with E-state index < -0.39 is 16.0 Å². The minimum Gasteiger partial charge on any atom is -0.458 e. The number of hydrogen-bond donors (Lipinski definition) is 1. The monoisotopic (exact) mass is 314 g/mol. The summed E-state index contributed by atoms with van der Waals surface area (Å²) in [6.45, 7) is 4.42. The Balaban J connectivity index is 2.06. The maximum Gasteiger partial charge on any atom is 0.355 e. The van der Waals surface area contributed by atoms with Crippen molar-refractivity contribution in [3.05, 3.63) is 18.0 Å². The molecule has 2 N–H and O–H groups in total. The van der Waals surface area contributed by atoms with Crippen LogP contribution in [0.2, 0.25) is 0 Å².